The van der Waals surface area contributed by atoms with Gasteiger partial charge >= 0.3 is 0 Å². The predicted molar refractivity (Wildman–Crippen MR) is 79.6 cm³/mol. The van der Waals surface area contributed by atoms with Crippen molar-refractivity contribution in [1.29, 1.82) is 0 Å². The average Bonchev–Trinajstić information content (AvgIpc) is 2.49. The maximum Gasteiger partial charge on any atom is 0.212 e. The van der Waals surface area contributed by atoms with Crippen LogP contribution in [0.25, 0.3) is 22.3 Å². The third-order valence-corrected chi connectivity index (χ3v) is 3.70. The molecule has 0 bridgehead atoms. The lowest BCUT2D eigenvalue weighted by Gasteiger charge is -2.00. The van der Waals surface area contributed by atoms with Crippen LogP contribution in [-0.4, -0.2) is 0 Å². The standard InChI is InChI=1S/C17H13S.HI/c1-3-7-14(8-4-1)16-11-17(13-18-12-16)15-9-5-2-6-10-15;/h1-13H;1H/q+1;/p-1. The Morgan fingerprint density at radius 1 is 0.526 bits per heavy atom. The number of hydrogen-bond donors (Lipinski definition) is 0. The predicted octanol–water partition coefficient (Wildman–Crippen LogP) is 2.37. The number of benzene rings is 2. The SMILES string of the molecule is [I-].c1ccc(-c2c[s+]cc(-c3ccccc3)c2)cc1. The molecule has 3 aromatic rings. The summed E-state index contributed by atoms with van der Waals surface area (Å²) in [5, 5.41) is 4.39. The molecule has 1 heterocycles. The van der Waals surface area contributed by atoms with Gasteiger partial charge in [0.1, 0.15) is 0 Å². The highest BCUT2D eigenvalue weighted by Crippen LogP contribution is 2.27. The van der Waals surface area contributed by atoms with Crippen molar-refractivity contribution in [2.45, 2.75) is 0 Å². The lowest BCUT2D eigenvalue weighted by atomic mass is 10.0. The fourth-order valence-electron chi connectivity index (χ4n) is 1.98. The maximum absolute atomic E-state index is 2.25. The fourth-order valence-corrected chi connectivity index (χ4v) is 2.75. The van der Waals surface area contributed by atoms with Crippen molar-refractivity contribution < 1.29 is 24.0 Å². The first kappa shape index (κ1) is 14.2. The summed E-state index contributed by atoms with van der Waals surface area (Å²) >= 11 is 1.75. The normalized spacial score (nSPS) is 9.68. The van der Waals surface area contributed by atoms with Crippen molar-refractivity contribution in [3.8, 4) is 22.3 Å². The van der Waals surface area contributed by atoms with E-state index >= 15 is 0 Å². The molecule has 0 nitrogen and oxygen atoms in total. The molecule has 0 spiro atoms. The molecule has 0 aliphatic rings. The van der Waals surface area contributed by atoms with Crippen LogP contribution in [0, 0.1) is 0 Å². The van der Waals surface area contributed by atoms with Crippen LogP contribution in [0.5, 0.6) is 0 Å². The second-order valence-electron chi connectivity index (χ2n) is 4.16. The Balaban J connectivity index is 0.00000133. The number of hydrogen-bond acceptors (Lipinski definition) is 0. The van der Waals surface area contributed by atoms with Gasteiger partial charge in [0, 0.05) is 11.1 Å². The third kappa shape index (κ3) is 3.39. The fraction of sp³-hybridized carbons (Fsp3) is 0. The lowest BCUT2D eigenvalue weighted by Crippen LogP contribution is -3.00. The van der Waals surface area contributed by atoms with Gasteiger partial charge in [-0.1, -0.05) is 60.7 Å². The molecule has 2 heteroatoms. The summed E-state index contributed by atoms with van der Waals surface area (Å²) in [5.74, 6) is 0. The van der Waals surface area contributed by atoms with Crippen LogP contribution in [0.3, 0.4) is 0 Å². The second kappa shape index (κ2) is 6.78. The quantitative estimate of drug-likeness (QED) is 0.476. The van der Waals surface area contributed by atoms with Gasteiger partial charge in [0.25, 0.3) is 0 Å². The molecular formula is C17H13IS. The molecule has 0 aliphatic carbocycles. The van der Waals surface area contributed by atoms with Gasteiger partial charge in [-0.2, -0.15) is 0 Å². The van der Waals surface area contributed by atoms with E-state index in [1.165, 1.54) is 22.3 Å². The monoisotopic (exact) mass is 376 g/mol. The van der Waals surface area contributed by atoms with Crippen LogP contribution < -0.4 is 24.0 Å². The molecule has 3 rings (SSSR count). The summed E-state index contributed by atoms with van der Waals surface area (Å²) in [7, 11) is 0. The van der Waals surface area contributed by atoms with E-state index in [0.29, 0.717) is 0 Å². The number of halogens is 1. The minimum atomic E-state index is 0. The summed E-state index contributed by atoms with van der Waals surface area (Å²) in [6.07, 6.45) is 0. The lowest BCUT2D eigenvalue weighted by molar-refractivity contribution is -0.00000338. The molecule has 94 valence electrons. The Morgan fingerprint density at radius 2 is 0.947 bits per heavy atom. The van der Waals surface area contributed by atoms with Gasteiger partial charge < -0.3 is 24.0 Å². The van der Waals surface area contributed by atoms with E-state index < -0.39 is 0 Å². The Bertz CT molecular complexity index is 581. The summed E-state index contributed by atoms with van der Waals surface area (Å²) in [4.78, 5) is 0. The smallest absolute Gasteiger partial charge is 0.212 e. The molecular weight excluding hydrogens is 363 g/mol. The van der Waals surface area contributed by atoms with Crippen LogP contribution in [0.2, 0.25) is 0 Å². The zero-order valence-electron chi connectivity index (χ0n) is 10.3. The van der Waals surface area contributed by atoms with Gasteiger partial charge in [0.2, 0.25) is 22.1 Å². The highest BCUT2D eigenvalue weighted by Gasteiger charge is 2.07. The summed E-state index contributed by atoms with van der Waals surface area (Å²) in [6.45, 7) is 0. The molecule has 0 atom stereocenters. The highest BCUT2D eigenvalue weighted by atomic mass is 127. The molecule has 0 saturated heterocycles. The van der Waals surface area contributed by atoms with Crippen molar-refractivity contribution in [1.82, 2.24) is 0 Å². The zero-order chi connectivity index (χ0) is 12.2. The topological polar surface area (TPSA) is 0 Å². The number of rotatable bonds is 2. The molecule has 0 radical (unpaired) electrons. The van der Waals surface area contributed by atoms with Crippen LogP contribution in [0.1, 0.15) is 0 Å². The Morgan fingerprint density at radius 3 is 1.37 bits per heavy atom. The molecule has 0 fully saturated rings. The van der Waals surface area contributed by atoms with E-state index in [1.54, 1.807) is 11.3 Å². The minimum absolute atomic E-state index is 0. The van der Waals surface area contributed by atoms with Gasteiger partial charge in [0.05, 0.1) is 0 Å². The van der Waals surface area contributed by atoms with Crippen LogP contribution in [0.4, 0.5) is 0 Å². The van der Waals surface area contributed by atoms with E-state index in [1.807, 2.05) is 12.1 Å². The average molecular weight is 376 g/mol. The van der Waals surface area contributed by atoms with E-state index in [9.17, 15) is 0 Å². The van der Waals surface area contributed by atoms with Crippen molar-refractivity contribution in [3.63, 3.8) is 0 Å². The molecule has 0 unspecified atom stereocenters. The van der Waals surface area contributed by atoms with Crippen molar-refractivity contribution in [2.24, 2.45) is 0 Å². The van der Waals surface area contributed by atoms with Gasteiger partial charge in [0.15, 0.2) is 0 Å². The summed E-state index contributed by atoms with van der Waals surface area (Å²) < 4.78 is 0. The van der Waals surface area contributed by atoms with Crippen LogP contribution in [-0.2, 0) is 0 Å². The molecule has 1 aromatic heterocycles. The molecule has 0 saturated carbocycles. The van der Waals surface area contributed by atoms with Crippen LogP contribution >= 0.6 is 11.3 Å². The molecule has 19 heavy (non-hydrogen) atoms. The van der Waals surface area contributed by atoms with E-state index in [-0.39, 0.29) is 24.0 Å². The van der Waals surface area contributed by atoms with Crippen LogP contribution in [0.15, 0.2) is 77.5 Å². The maximum atomic E-state index is 2.25. The van der Waals surface area contributed by atoms with Crippen molar-refractivity contribution in [2.75, 3.05) is 0 Å². The zero-order valence-corrected chi connectivity index (χ0v) is 13.3. The summed E-state index contributed by atoms with van der Waals surface area (Å²) in [6, 6.07) is 23.3. The van der Waals surface area contributed by atoms with E-state index in [4.69, 9.17) is 0 Å². The minimum Gasteiger partial charge on any atom is -1.00 e. The van der Waals surface area contributed by atoms with Crippen molar-refractivity contribution >= 4 is 11.3 Å². The molecule has 2 aromatic carbocycles. The molecule has 0 N–H and O–H groups in total. The van der Waals surface area contributed by atoms with Gasteiger partial charge in [-0.05, 0) is 17.2 Å². The van der Waals surface area contributed by atoms with Crippen molar-refractivity contribution in [3.05, 3.63) is 77.5 Å². The van der Waals surface area contributed by atoms with Gasteiger partial charge in [-0.15, -0.1) is 0 Å². The second-order valence-corrected chi connectivity index (χ2v) is 4.90. The Kier molecular flexibility index (Phi) is 5.05. The molecule has 0 aliphatic heterocycles. The Labute approximate surface area is 134 Å². The first-order valence-corrected chi connectivity index (χ1v) is 6.89. The highest BCUT2D eigenvalue weighted by molar-refractivity contribution is 7.08. The Hall–Kier alpha value is -1.26. The third-order valence-electron chi connectivity index (χ3n) is 2.92. The summed E-state index contributed by atoms with van der Waals surface area (Å²) in [5.41, 5.74) is 5.10. The van der Waals surface area contributed by atoms with E-state index in [2.05, 4.69) is 65.4 Å². The first-order chi connectivity index (χ1) is 8.93. The van der Waals surface area contributed by atoms with E-state index in [0.717, 1.165) is 0 Å². The largest absolute Gasteiger partial charge is 1.00 e. The molecule has 0 amide bonds. The van der Waals surface area contributed by atoms with Gasteiger partial charge in [-0.25, -0.2) is 0 Å². The van der Waals surface area contributed by atoms with Gasteiger partial charge in [-0.3, -0.25) is 0 Å². The first-order valence-electron chi connectivity index (χ1n) is 5.95.